The normalized spacial score (nSPS) is 16.7. The highest BCUT2D eigenvalue weighted by Gasteiger charge is 2.34. The summed E-state index contributed by atoms with van der Waals surface area (Å²) in [5, 5.41) is 11.6. The molecule has 1 saturated heterocycles. The monoisotopic (exact) mass is 549 g/mol. The molecule has 11 nitrogen and oxygen atoms in total. The quantitative estimate of drug-likeness (QED) is 0.287. The van der Waals surface area contributed by atoms with Crippen LogP contribution in [-0.4, -0.2) is 66.4 Å². The SMILES string of the molecule is C=CC(=O)N1C[C@H](N(C)c2ccc3ncnc(Nc4ccc(Oc5ccc6c(c5)nnn6C)c(C)c4)c3n2)C[C@H]1C. The molecule has 5 aromatic rings. The van der Waals surface area contributed by atoms with Crippen LogP contribution in [0, 0.1) is 6.92 Å². The first-order valence-corrected chi connectivity index (χ1v) is 13.4. The molecule has 6 rings (SSSR count). The summed E-state index contributed by atoms with van der Waals surface area (Å²) >= 11 is 0. The smallest absolute Gasteiger partial charge is 0.246 e. The number of likely N-dealkylation sites (tertiary alicyclic amines) is 1. The minimum Gasteiger partial charge on any atom is -0.457 e. The molecule has 2 atom stereocenters. The van der Waals surface area contributed by atoms with Gasteiger partial charge in [0.25, 0.3) is 0 Å². The van der Waals surface area contributed by atoms with Crippen LogP contribution in [0.4, 0.5) is 17.3 Å². The van der Waals surface area contributed by atoms with E-state index in [9.17, 15) is 4.79 Å². The first-order valence-electron chi connectivity index (χ1n) is 13.4. The molecule has 1 N–H and O–H groups in total. The number of aryl methyl sites for hydroxylation is 2. The number of anilines is 3. The van der Waals surface area contributed by atoms with Crippen LogP contribution in [-0.2, 0) is 11.8 Å². The molecule has 3 aromatic heterocycles. The maximum absolute atomic E-state index is 12.2. The summed E-state index contributed by atoms with van der Waals surface area (Å²) in [7, 11) is 3.87. The molecule has 0 unspecified atom stereocenters. The Balaban J connectivity index is 1.22. The van der Waals surface area contributed by atoms with Crippen LogP contribution in [0.25, 0.3) is 22.1 Å². The Morgan fingerprint density at radius 1 is 1.15 bits per heavy atom. The van der Waals surface area contributed by atoms with Gasteiger partial charge in [-0.15, -0.1) is 5.10 Å². The van der Waals surface area contributed by atoms with Crippen molar-refractivity contribution in [1.29, 1.82) is 0 Å². The fourth-order valence-electron chi connectivity index (χ4n) is 5.30. The largest absolute Gasteiger partial charge is 0.457 e. The second kappa shape index (κ2) is 10.5. The number of aromatic nitrogens is 6. The molecule has 0 saturated carbocycles. The lowest BCUT2D eigenvalue weighted by molar-refractivity contribution is -0.126. The van der Waals surface area contributed by atoms with Crippen LogP contribution in [0.3, 0.4) is 0 Å². The lowest BCUT2D eigenvalue weighted by Gasteiger charge is -2.26. The third kappa shape index (κ3) is 5.02. The van der Waals surface area contributed by atoms with E-state index in [4.69, 9.17) is 9.72 Å². The van der Waals surface area contributed by atoms with Gasteiger partial charge in [-0.05, 0) is 74.4 Å². The number of nitrogens with one attached hydrogen (secondary N) is 1. The van der Waals surface area contributed by atoms with Crippen LogP contribution in [0.15, 0.2) is 67.5 Å². The number of fused-ring (bicyclic) bond motifs is 2. The summed E-state index contributed by atoms with van der Waals surface area (Å²) in [5.74, 6) is 2.79. The summed E-state index contributed by atoms with van der Waals surface area (Å²) < 4.78 is 7.88. The summed E-state index contributed by atoms with van der Waals surface area (Å²) in [4.78, 5) is 30.1. The van der Waals surface area contributed by atoms with E-state index in [0.29, 0.717) is 23.6 Å². The van der Waals surface area contributed by atoms with E-state index in [0.717, 1.165) is 45.8 Å². The van der Waals surface area contributed by atoms with E-state index in [1.807, 2.05) is 74.4 Å². The van der Waals surface area contributed by atoms with Crippen molar-refractivity contribution in [3.05, 3.63) is 73.1 Å². The molecule has 0 aliphatic carbocycles. The Hall–Kier alpha value is -5.06. The maximum atomic E-state index is 12.2. The van der Waals surface area contributed by atoms with E-state index in [2.05, 4.69) is 44.0 Å². The maximum Gasteiger partial charge on any atom is 0.246 e. The fraction of sp³-hybridized carbons (Fsp3) is 0.267. The molecule has 1 fully saturated rings. The van der Waals surface area contributed by atoms with Gasteiger partial charge in [-0.2, -0.15) is 0 Å². The van der Waals surface area contributed by atoms with Gasteiger partial charge in [-0.1, -0.05) is 11.8 Å². The van der Waals surface area contributed by atoms with Gasteiger partial charge in [-0.3, -0.25) is 4.79 Å². The van der Waals surface area contributed by atoms with Crippen molar-refractivity contribution in [3.63, 3.8) is 0 Å². The highest BCUT2D eigenvalue weighted by Crippen LogP contribution is 2.32. The molecule has 1 amide bonds. The minimum atomic E-state index is -0.0435. The number of rotatable bonds is 7. The van der Waals surface area contributed by atoms with Gasteiger partial charge in [0.15, 0.2) is 5.82 Å². The van der Waals surface area contributed by atoms with E-state index in [1.54, 1.807) is 4.68 Å². The van der Waals surface area contributed by atoms with Crippen molar-refractivity contribution < 1.29 is 9.53 Å². The molecule has 11 heteroatoms. The highest BCUT2D eigenvalue weighted by molar-refractivity contribution is 5.89. The molecule has 0 radical (unpaired) electrons. The second-order valence-corrected chi connectivity index (χ2v) is 10.4. The summed E-state index contributed by atoms with van der Waals surface area (Å²) in [6.45, 7) is 8.32. The number of pyridine rings is 1. The Bertz CT molecular complexity index is 1780. The summed E-state index contributed by atoms with van der Waals surface area (Å²) in [6, 6.07) is 15.8. The van der Waals surface area contributed by atoms with Crippen LogP contribution in [0.5, 0.6) is 11.5 Å². The van der Waals surface area contributed by atoms with Crippen LogP contribution in [0.1, 0.15) is 18.9 Å². The molecule has 41 heavy (non-hydrogen) atoms. The van der Waals surface area contributed by atoms with Gasteiger partial charge < -0.3 is 19.9 Å². The number of amides is 1. The molecular formula is C30H31N9O2. The van der Waals surface area contributed by atoms with E-state index in [1.165, 1.54) is 12.4 Å². The van der Waals surface area contributed by atoms with Crippen molar-refractivity contribution in [2.24, 2.45) is 7.05 Å². The Labute approximate surface area is 237 Å². The average Bonchev–Trinajstić information content (AvgIpc) is 3.55. The predicted octanol–water partition coefficient (Wildman–Crippen LogP) is 4.76. The molecular weight excluding hydrogens is 518 g/mol. The molecule has 208 valence electrons. The lowest BCUT2D eigenvalue weighted by Crippen LogP contribution is -2.37. The number of likely N-dealkylation sites (N-methyl/N-ethyl adjacent to an activating group) is 1. The van der Waals surface area contributed by atoms with Gasteiger partial charge in [0.2, 0.25) is 5.91 Å². The number of ether oxygens (including phenoxy) is 1. The standard InChI is InChI=1S/C30H31N9O2/c1-6-28(40)39-16-21(14-19(39)3)37(4)27-12-9-23-29(34-27)30(32-17-31-23)33-20-7-11-26(18(2)13-20)41-22-8-10-25-24(15-22)35-36-38(25)5/h6-13,15,17,19,21H,1,14,16H2,2-5H3,(H,31,32,33)/t19-,21-/m1/s1. The summed E-state index contributed by atoms with van der Waals surface area (Å²) in [6.07, 6.45) is 3.76. The van der Waals surface area contributed by atoms with Crippen molar-refractivity contribution in [2.75, 3.05) is 23.8 Å². The number of carbonyl (C=O) groups is 1. The molecule has 2 aromatic carbocycles. The highest BCUT2D eigenvalue weighted by atomic mass is 16.5. The summed E-state index contributed by atoms with van der Waals surface area (Å²) in [5.41, 5.74) is 4.92. The number of hydrogen-bond acceptors (Lipinski definition) is 9. The van der Waals surface area contributed by atoms with Gasteiger partial charge in [-0.25, -0.2) is 19.6 Å². The van der Waals surface area contributed by atoms with Crippen molar-refractivity contribution in [2.45, 2.75) is 32.4 Å². The first-order chi connectivity index (χ1) is 19.8. The van der Waals surface area contributed by atoms with Crippen molar-refractivity contribution in [3.8, 4) is 11.5 Å². The minimum absolute atomic E-state index is 0.0435. The Morgan fingerprint density at radius 3 is 2.80 bits per heavy atom. The van der Waals surface area contributed by atoms with Gasteiger partial charge in [0.05, 0.1) is 11.0 Å². The zero-order valence-corrected chi connectivity index (χ0v) is 23.4. The Morgan fingerprint density at radius 2 is 2.00 bits per heavy atom. The second-order valence-electron chi connectivity index (χ2n) is 10.4. The number of hydrogen-bond donors (Lipinski definition) is 1. The molecule has 1 aliphatic heterocycles. The zero-order valence-electron chi connectivity index (χ0n) is 23.4. The molecule has 0 bridgehead atoms. The van der Waals surface area contributed by atoms with E-state index in [-0.39, 0.29) is 18.0 Å². The van der Waals surface area contributed by atoms with Gasteiger partial charge in [0.1, 0.15) is 34.7 Å². The topological polar surface area (TPSA) is 114 Å². The molecule has 1 aliphatic rings. The number of nitrogens with zero attached hydrogens (tertiary/aromatic N) is 8. The van der Waals surface area contributed by atoms with Gasteiger partial charge in [0, 0.05) is 44.5 Å². The van der Waals surface area contributed by atoms with Crippen LogP contribution < -0.4 is 15.0 Å². The third-order valence-electron chi connectivity index (χ3n) is 7.63. The predicted molar refractivity (Wildman–Crippen MR) is 159 cm³/mol. The number of benzene rings is 2. The zero-order chi connectivity index (χ0) is 28.7. The van der Waals surface area contributed by atoms with Crippen LogP contribution in [0.2, 0.25) is 0 Å². The average molecular weight is 550 g/mol. The Kier molecular flexibility index (Phi) is 6.70. The van der Waals surface area contributed by atoms with Gasteiger partial charge >= 0.3 is 0 Å². The lowest BCUT2D eigenvalue weighted by atomic mass is 10.1. The van der Waals surface area contributed by atoms with Crippen molar-refractivity contribution >= 4 is 45.3 Å². The van der Waals surface area contributed by atoms with E-state index >= 15 is 0 Å². The molecule has 0 spiro atoms. The number of carbonyl (C=O) groups excluding carboxylic acids is 1. The molecule has 4 heterocycles. The van der Waals surface area contributed by atoms with E-state index < -0.39 is 0 Å². The third-order valence-corrected chi connectivity index (χ3v) is 7.63. The first kappa shape index (κ1) is 26.2. The fourth-order valence-corrected chi connectivity index (χ4v) is 5.30. The van der Waals surface area contributed by atoms with Crippen LogP contribution >= 0.6 is 0 Å². The van der Waals surface area contributed by atoms with Crippen molar-refractivity contribution in [1.82, 2.24) is 34.8 Å².